The topological polar surface area (TPSA) is 88.6 Å². The van der Waals surface area contributed by atoms with E-state index in [0.717, 1.165) is 9.31 Å². The first-order chi connectivity index (χ1) is 9.40. The van der Waals surface area contributed by atoms with Crippen LogP contribution >= 0.6 is 11.3 Å². The molecule has 1 heterocycles. The van der Waals surface area contributed by atoms with Crippen molar-refractivity contribution < 1.29 is 17.9 Å². The van der Waals surface area contributed by atoms with Crippen molar-refractivity contribution in [2.24, 2.45) is 0 Å². The predicted molar refractivity (Wildman–Crippen MR) is 76.5 cm³/mol. The molecule has 1 unspecified atom stereocenters. The molecule has 0 spiro atoms. The van der Waals surface area contributed by atoms with Crippen LogP contribution in [0.15, 0.2) is 11.6 Å². The molecule has 1 aromatic heterocycles. The monoisotopic (exact) mass is 321 g/mol. The van der Waals surface area contributed by atoms with E-state index in [1.807, 2.05) is 6.92 Å². The zero-order valence-electron chi connectivity index (χ0n) is 11.7. The molecule has 0 aliphatic heterocycles. The van der Waals surface area contributed by atoms with Crippen LogP contribution in [0.5, 0.6) is 0 Å². The SMILES string of the molecule is CCC(NS(=O)(=O)N(C)CCC(=O)OC)c1nccs1. The van der Waals surface area contributed by atoms with Crippen molar-refractivity contribution in [3.8, 4) is 0 Å². The van der Waals surface area contributed by atoms with Gasteiger partial charge in [-0.3, -0.25) is 4.79 Å². The number of esters is 1. The summed E-state index contributed by atoms with van der Waals surface area (Å²) in [5, 5.41) is 2.52. The van der Waals surface area contributed by atoms with Crippen LogP contribution in [0.2, 0.25) is 0 Å². The zero-order chi connectivity index (χ0) is 15.2. The number of thiazole rings is 1. The average molecular weight is 321 g/mol. The van der Waals surface area contributed by atoms with Crippen LogP contribution in [-0.4, -0.2) is 44.4 Å². The van der Waals surface area contributed by atoms with Crippen LogP contribution in [0.3, 0.4) is 0 Å². The molecule has 0 saturated carbocycles. The molecule has 20 heavy (non-hydrogen) atoms. The minimum absolute atomic E-state index is 0.0158. The minimum Gasteiger partial charge on any atom is -0.469 e. The van der Waals surface area contributed by atoms with Gasteiger partial charge in [-0.15, -0.1) is 11.3 Å². The Balaban J connectivity index is 2.65. The Morgan fingerprint density at radius 2 is 2.30 bits per heavy atom. The highest BCUT2D eigenvalue weighted by Crippen LogP contribution is 2.20. The summed E-state index contributed by atoms with van der Waals surface area (Å²) in [4.78, 5) is 15.2. The van der Waals surface area contributed by atoms with Crippen molar-refractivity contribution >= 4 is 27.5 Å². The number of hydrogen-bond acceptors (Lipinski definition) is 6. The van der Waals surface area contributed by atoms with Gasteiger partial charge in [-0.25, -0.2) is 4.98 Å². The largest absolute Gasteiger partial charge is 0.469 e. The van der Waals surface area contributed by atoms with Crippen LogP contribution < -0.4 is 4.72 Å². The molecule has 9 heteroatoms. The first kappa shape index (κ1) is 17.0. The second-order valence-electron chi connectivity index (χ2n) is 4.10. The minimum atomic E-state index is -3.66. The van der Waals surface area contributed by atoms with E-state index in [9.17, 15) is 13.2 Å². The zero-order valence-corrected chi connectivity index (χ0v) is 13.3. The highest BCUT2D eigenvalue weighted by molar-refractivity contribution is 7.87. The van der Waals surface area contributed by atoms with Crippen molar-refractivity contribution in [2.45, 2.75) is 25.8 Å². The molecule has 7 nitrogen and oxygen atoms in total. The van der Waals surface area contributed by atoms with Gasteiger partial charge in [0.1, 0.15) is 5.01 Å². The van der Waals surface area contributed by atoms with Crippen molar-refractivity contribution in [1.82, 2.24) is 14.0 Å². The fourth-order valence-electron chi connectivity index (χ4n) is 1.46. The molecule has 0 fully saturated rings. The van der Waals surface area contributed by atoms with E-state index in [-0.39, 0.29) is 19.0 Å². The highest BCUT2D eigenvalue weighted by Gasteiger charge is 2.24. The van der Waals surface area contributed by atoms with Crippen LogP contribution in [0.4, 0.5) is 0 Å². The van der Waals surface area contributed by atoms with Crippen molar-refractivity contribution in [2.75, 3.05) is 20.7 Å². The summed E-state index contributed by atoms with van der Waals surface area (Å²) < 4.78 is 32.4. The third-order valence-electron chi connectivity index (χ3n) is 2.72. The van der Waals surface area contributed by atoms with Gasteiger partial charge in [-0.2, -0.15) is 17.4 Å². The number of carbonyl (C=O) groups is 1. The molecule has 0 radical (unpaired) electrons. The van der Waals surface area contributed by atoms with Crippen LogP contribution in [0.1, 0.15) is 30.8 Å². The van der Waals surface area contributed by atoms with Gasteiger partial charge < -0.3 is 4.74 Å². The lowest BCUT2D eigenvalue weighted by molar-refractivity contribution is -0.140. The summed E-state index contributed by atoms with van der Waals surface area (Å²) in [6.07, 6.45) is 2.25. The van der Waals surface area contributed by atoms with Crippen molar-refractivity contribution in [1.29, 1.82) is 0 Å². The fraction of sp³-hybridized carbons (Fsp3) is 0.636. The first-order valence-corrected chi connectivity index (χ1v) is 8.42. The molecule has 1 aromatic rings. The van der Waals surface area contributed by atoms with E-state index in [0.29, 0.717) is 6.42 Å². The summed E-state index contributed by atoms with van der Waals surface area (Å²) in [5.74, 6) is -0.445. The van der Waals surface area contributed by atoms with Gasteiger partial charge in [0.25, 0.3) is 10.2 Å². The van der Waals surface area contributed by atoms with Gasteiger partial charge in [0.2, 0.25) is 0 Å². The van der Waals surface area contributed by atoms with Gasteiger partial charge in [0.15, 0.2) is 0 Å². The molecule has 0 amide bonds. The number of nitrogens with zero attached hydrogens (tertiary/aromatic N) is 2. The summed E-state index contributed by atoms with van der Waals surface area (Å²) >= 11 is 1.40. The summed E-state index contributed by atoms with van der Waals surface area (Å²) in [7, 11) is -0.974. The van der Waals surface area contributed by atoms with Gasteiger partial charge in [0, 0.05) is 25.2 Å². The Morgan fingerprint density at radius 1 is 1.60 bits per heavy atom. The van der Waals surface area contributed by atoms with Crippen LogP contribution in [-0.2, 0) is 19.7 Å². The molecule has 114 valence electrons. The summed E-state index contributed by atoms with van der Waals surface area (Å²) in [6, 6.07) is -0.361. The second kappa shape index (κ2) is 7.67. The van der Waals surface area contributed by atoms with Gasteiger partial charge in [0.05, 0.1) is 19.6 Å². The molecule has 1 atom stereocenters. The predicted octanol–water partition coefficient (Wildman–Crippen LogP) is 0.924. The highest BCUT2D eigenvalue weighted by atomic mass is 32.2. The quantitative estimate of drug-likeness (QED) is 0.719. The molecule has 0 aliphatic rings. The Kier molecular flexibility index (Phi) is 6.53. The van der Waals surface area contributed by atoms with E-state index < -0.39 is 16.2 Å². The van der Waals surface area contributed by atoms with Crippen molar-refractivity contribution in [3.05, 3.63) is 16.6 Å². The van der Waals surface area contributed by atoms with E-state index >= 15 is 0 Å². The smallest absolute Gasteiger partial charge is 0.306 e. The molecular weight excluding hydrogens is 302 g/mol. The fourth-order valence-corrected chi connectivity index (χ4v) is 3.45. The van der Waals surface area contributed by atoms with E-state index in [1.165, 1.54) is 25.5 Å². The van der Waals surface area contributed by atoms with E-state index in [1.54, 1.807) is 11.6 Å². The molecule has 0 aliphatic carbocycles. The average Bonchev–Trinajstić information content (AvgIpc) is 2.95. The lowest BCUT2D eigenvalue weighted by Gasteiger charge is -2.21. The Morgan fingerprint density at radius 3 is 2.80 bits per heavy atom. The Hall–Kier alpha value is -1.03. The number of carbonyl (C=O) groups excluding carboxylic acids is 1. The summed E-state index contributed by atoms with van der Waals surface area (Å²) in [6.45, 7) is 1.94. The Bertz CT molecular complexity index is 516. The standard InChI is InChI=1S/C11H19N3O4S2/c1-4-9(11-12-6-8-19-11)13-20(16,17)14(2)7-5-10(15)18-3/h6,8-9,13H,4-5,7H2,1-3H3. The first-order valence-electron chi connectivity index (χ1n) is 6.10. The number of methoxy groups -OCH3 is 1. The number of aromatic nitrogens is 1. The molecule has 0 saturated heterocycles. The molecule has 0 bridgehead atoms. The second-order valence-corrected chi connectivity index (χ2v) is 6.84. The maximum absolute atomic E-state index is 12.1. The number of hydrogen-bond donors (Lipinski definition) is 1. The normalized spacial score (nSPS) is 13.4. The van der Waals surface area contributed by atoms with Gasteiger partial charge >= 0.3 is 5.97 Å². The number of ether oxygens (including phenoxy) is 1. The molecule has 1 rings (SSSR count). The summed E-state index contributed by atoms with van der Waals surface area (Å²) in [5.41, 5.74) is 0. The van der Waals surface area contributed by atoms with E-state index in [4.69, 9.17) is 0 Å². The van der Waals surface area contributed by atoms with Crippen molar-refractivity contribution in [3.63, 3.8) is 0 Å². The number of nitrogens with one attached hydrogen (secondary N) is 1. The maximum Gasteiger partial charge on any atom is 0.306 e. The van der Waals surface area contributed by atoms with Gasteiger partial charge in [-0.05, 0) is 6.42 Å². The lowest BCUT2D eigenvalue weighted by Crippen LogP contribution is -2.41. The van der Waals surface area contributed by atoms with Crippen LogP contribution in [0, 0.1) is 0 Å². The molecule has 0 aromatic carbocycles. The molecule has 1 N–H and O–H groups in total. The third-order valence-corrected chi connectivity index (χ3v) is 5.19. The number of rotatable bonds is 8. The van der Waals surface area contributed by atoms with Crippen LogP contribution in [0.25, 0.3) is 0 Å². The van der Waals surface area contributed by atoms with Gasteiger partial charge in [-0.1, -0.05) is 6.92 Å². The lowest BCUT2D eigenvalue weighted by atomic mass is 10.3. The molecular formula is C11H19N3O4S2. The maximum atomic E-state index is 12.1. The third kappa shape index (κ3) is 4.82. The van der Waals surface area contributed by atoms with E-state index in [2.05, 4.69) is 14.4 Å². The Labute approximate surface area is 123 Å².